The third-order valence-electron chi connectivity index (χ3n) is 3.44. The van der Waals surface area contributed by atoms with Crippen LogP contribution in [0.1, 0.15) is 5.76 Å². The van der Waals surface area contributed by atoms with Gasteiger partial charge in [0.05, 0.1) is 16.3 Å². The van der Waals surface area contributed by atoms with Crippen LogP contribution >= 0.6 is 23.2 Å². The molecule has 0 aliphatic carbocycles. The molecule has 2 heterocycles. The largest absolute Gasteiger partial charge is 0.455 e. The summed E-state index contributed by atoms with van der Waals surface area (Å²) in [4.78, 5) is 23.4. The van der Waals surface area contributed by atoms with Crippen molar-refractivity contribution in [2.45, 2.75) is 6.54 Å². The van der Waals surface area contributed by atoms with Gasteiger partial charge < -0.3 is 8.98 Å². The molecule has 2 aromatic heterocycles. The van der Waals surface area contributed by atoms with Crippen molar-refractivity contribution in [1.29, 1.82) is 0 Å². The maximum atomic E-state index is 11.8. The minimum atomic E-state index is -0.431. The van der Waals surface area contributed by atoms with E-state index in [1.807, 2.05) is 0 Å². The molecule has 6 nitrogen and oxygen atoms in total. The lowest BCUT2D eigenvalue weighted by Gasteiger charge is -2.03. The van der Waals surface area contributed by atoms with E-state index in [0.717, 1.165) is 0 Å². The van der Waals surface area contributed by atoms with Crippen molar-refractivity contribution in [2.24, 2.45) is 5.10 Å². The zero-order chi connectivity index (χ0) is 18.5. The number of hydrazone groups is 1. The number of nitrogens with zero attached hydrogens (tertiary/aromatic N) is 2. The fourth-order valence-electron chi connectivity index (χ4n) is 2.21. The van der Waals surface area contributed by atoms with Gasteiger partial charge in [-0.25, -0.2) is 5.43 Å². The number of hydrogen-bond acceptors (Lipinski definition) is 4. The summed E-state index contributed by atoms with van der Waals surface area (Å²) < 4.78 is 6.90. The van der Waals surface area contributed by atoms with Gasteiger partial charge in [-0.2, -0.15) is 5.10 Å². The molecule has 26 heavy (non-hydrogen) atoms. The number of rotatable bonds is 5. The van der Waals surface area contributed by atoms with E-state index in [4.69, 9.17) is 27.6 Å². The second kappa shape index (κ2) is 8.03. The summed E-state index contributed by atoms with van der Waals surface area (Å²) in [6.45, 7) is -0.126. The average Bonchev–Trinajstić information content (AvgIpc) is 3.08. The van der Waals surface area contributed by atoms with E-state index < -0.39 is 5.91 Å². The minimum Gasteiger partial charge on any atom is -0.455 e. The topological polar surface area (TPSA) is 76.6 Å². The molecule has 0 bridgehead atoms. The van der Waals surface area contributed by atoms with E-state index in [0.29, 0.717) is 27.1 Å². The maximum absolute atomic E-state index is 11.8. The Bertz CT molecular complexity index is 1020. The van der Waals surface area contributed by atoms with Crippen LogP contribution in [-0.2, 0) is 11.3 Å². The van der Waals surface area contributed by atoms with E-state index >= 15 is 0 Å². The van der Waals surface area contributed by atoms with Gasteiger partial charge in [-0.3, -0.25) is 9.59 Å². The van der Waals surface area contributed by atoms with Gasteiger partial charge in [-0.15, -0.1) is 0 Å². The molecule has 0 aliphatic heterocycles. The molecule has 0 radical (unpaired) electrons. The molecule has 0 spiro atoms. The van der Waals surface area contributed by atoms with Crippen molar-refractivity contribution in [3.05, 3.63) is 80.9 Å². The summed E-state index contributed by atoms with van der Waals surface area (Å²) in [6, 6.07) is 13.3. The zero-order valence-electron chi connectivity index (χ0n) is 13.4. The van der Waals surface area contributed by atoms with Crippen LogP contribution in [0.25, 0.3) is 11.3 Å². The number of aromatic nitrogens is 1. The predicted octanol–water partition coefficient (Wildman–Crippen LogP) is 3.57. The van der Waals surface area contributed by atoms with Crippen molar-refractivity contribution in [3.63, 3.8) is 0 Å². The quantitative estimate of drug-likeness (QED) is 0.535. The lowest BCUT2D eigenvalue weighted by molar-refractivity contribution is -0.121. The summed E-state index contributed by atoms with van der Waals surface area (Å²) in [5.41, 5.74) is 2.74. The van der Waals surface area contributed by atoms with Gasteiger partial charge >= 0.3 is 0 Å². The summed E-state index contributed by atoms with van der Waals surface area (Å²) in [5.74, 6) is 0.522. The molecule has 0 fully saturated rings. The maximum Gasteiger partial charge on any atom is 0.260 e. The molecule has 3 rings (SSSR count). The normalized spacial score (nSPS) is 11.0. The Morgan fingerprint density at radius 2 is 2.00 bits per heavy atom. The highest BCUT2D eigenvalue weighted by atomic mass is 35.5. The monoisotopic (exact) mass is 389 g/mol. The van der Waals surface area contributed by atoms with Gasteiger partial charge in [-0.05, 0) is 30.3 Å². The van der Waals surface area contributed by atoms with Gasteiger partial charge in [0.25, 0.3) is 11.5 Å². The third kappa shape index (κ3) is 4.22. The van der Waals surface area contributed by atoms with Gasteiger partial charge in [0, 0.05) is 17.8 Å². The number of carbonyl (C=O) groups excluding carboxylic acids is 1. The summed E-state index contributed by atoms with van der Waals surface area (Å²) in [5, 5.41) is 4.65. The first-order valence-electron chi connectivity index (χ1n) is 7.56. The molecular weight excluding hydrogens is 377 g/mol. The van der Waals surface area contributed by atoms with Crippen LogP contribution in [-0.4, -0.2) is 16.7 Å². The van der Waals surface area contributed by atoms with E-state index in [9.17, 15) is 9.59 Å². The van der Waals surface area contributed by atoms with Crippen molar-refractivity contribution >= 4 is 35.3 Å². The average molecular weight is 390 g/mol. The predicted molar refractivity (Wildman–Crippen MR) is 101 cm³/mol. The highest BCUT2D eigenvalue weighted by molar-refractivity contribution is 6.43. The second-order valence-electron chi connectivity index (χ2n) is 5.26. The SMILES string of the molecule is O=C(Cn1ccccc1=O)N/N=C\c1ccc(-c2cccc(Cl)c2Cl)o1. The van der Waals surface area contributed by atoms with Crippen LogP contribution in [0.2, 0.25) is 10.0 Å². The highest BCUT2D eigenvalue weighted by Crippen LogP contribution is 2.34. The summed E-state index contributed by atoms with van der Waals surface area (Å²) >= 11 is 12.2. The number of halogens is 2. The molecule has 1 N–H and O–H groups in total. The van der Waals surface area contributed by atoms with Gasteiger partial charge in [0.1, 0.15) is 18.1 Å². The number of nitrogens with one attached hydrogen (secondary N) is 1. The minimum absolute atomic E-state index is 0.126. The molecule has 0 saturated heterocycles. The molecule has 0 atom stereocenters. The van der Waals surface area contributed by atoms with Crippen molar-refractivity contribution < 1.29 is 9.21 Å². The molecular formula is C18H13Cl2N3O3. The molecule has 8 heteroatoms. The van der Waals surface area contributed by atoms with Gasteiger partial charge in [-0.1, -0.05) is 35.3 Å². The van der Waals surface area contributed by atoms with Crippen LogP contribution in [0.3, 0.4) is 0 Å². The Kier molecular flexibility index (Phi) is 5.55. The summed E-state index contributed by atoms with van der Waals surface area (Å²) in [6.07, 6.45) is 2.88. The molecule has 0 saturated carbocycles. The second-order valence-corrected chi connectivity index (χ2v) is 6.05. The van der Waals surface area contributed by atoms with Crippen molar-refractivity contribution in [3.8, 4) is 11.3 Å². The Morgan fingerprint density at radius 1 is 1.15 bits per heavy atom. The Hall–Kier alpha value is -2.83. The van der Waals surface area contributed by atoms with Crippen LogP contribution in [0, 0.1) is 0 Å². The van der Waals surface area contributed by atoms with Crippen LogP contribution in [0.5, 0.6) is 0 Å². The van der Waals surface area contributed by atoms with Crippen LogP contribution < -0.4 is 11.0 Å². The highest BCUT2D eigenvalue weighted by Gasteiger charge is 2.10. The molecule has 1 aromatic carbocycles. The van der Waals surface area contributed by atoms with Crippen LogP contribution in [0.4, 0.5) is 0 Å². The number of hydrogen-bond donors (Lipinski definition) is 1. The van der Waals surface area contributed by atoms with Crippen molar-refractivity contribution in [2.75, 3.05) is 0 Å². The summed E-state index contributed by atoms with van der Waals surface area (Å²) in [7, 11) is 0. The van der Waals surface area contributed by atoms with Crippen LogP contribution in [0.15, 0.2) is 69.0 Å². The van der Waals surface area contributed by atoms with E-state index in [1.54, 1.807) is 42.5 Å². The van der Waals surface area contributed by atoms with E-state index in [1.165, 1.54) is 23.0 Å². The Morgan fingerprint density at radius 3 is 2.81 bits per heavy atom. The van der Waals surface area contributed by atoms with Gasteiger partial charge in [0.15, 0.2) is 0 Å². The number of benzene rings is 1. The van der Waals surface area contributed by atoms with Crippen molar-refractivity contribution in [1.82, 2.24) is 9.99 Å². The molecule has 132 valence electrons. The molecule has 0 unspecified atom stereocenters. The lowest BCUT2D eigenvalue weighted by atomic mass is 10.2. The molecule has 3 aromatic rings. The van der Waals surface area contributed by atoms with Gasteiger partial charge in [0.2, 0.25) is 0 Å². The fraction of sp³-hybridized carbons (Fsp3) is 0.0556. The molecule has 0 aliphatic rings. The van der Waals surface area contributed by atoms with E-state index in [2.05, 4.69) is 10.5 Å². The standard InChI is InChI=1S/C18H13Cl2N3O3/c19-14-5-3-4-13(18(14)20)15-8-7-12(26-15)10-21-22-16(24)11-23-9-2-1-6-17(23)25/h1-10H,11H2,(H,22,24)/b21-10-. The number of furan rings is 1. The smallest absolute Gasteiger partial charge is 0.260 e. The first-order chi connectivity index (χ1) is 12.5. The Balaban J connectivity index is 1.64. The zero-order valence-corrected chi connectivity index (χ0v) is 14.9. The Labute approximate surface area is 158 Å². The third-order valence-corrected chi connectivity index (χ3v) is 4.26. The van der Waals surface area contributed by atoms with E-state index in [-0.39, 0.29) is 12.1 Å². The number of carbonyl (C=O) groups is 1. The first-order valence-corrected chi connectivity index (χ1v) is 8.32. The molecule has 1 amide bonds. The first kappa shape index (κ1) is 18.0. The lowest BCUT2D eigenvalue weighted by Crippen LogP contribution is -2.28. The number of pyridine rings is 1. The fourth-order valence-corrected chi connectivity index (χ4v) is 2.60. The number of amides is 1.